The van der Waals surface area contributed by atoms with Crippen LogP contribution in [0.4, 0.5) is 0 Å². The van der Waals surface area contributed by atoms with E-state index in [0.29, 0.717) is 49.1 Å². The van der Waals surface area contributed by atoms with Crippen LogP contribution in [0.5, 0.6) is 34.5 Å². The molecule has 0 N–H and O–H groups in total. The zero-order valence-corrected chi connectivity index (χ0v) is 37.4. The van der Waals surface area contributed by atoms with E-state index in [1.807, 2.05) is 0 Å². The van der Waals surface area contributed by atoms with E-state index >= 15 is 0 Å². The largest absolute Gasteiger partial charge is 0.494 e. The highest BCUT2D eigenvalue weighted by molar-refractivity contribution is 6.30. The number of benzene rings is 5. The zero-order valence-electron chi connectivity index (χ0n) is 36.6. The van der Waals surface area contributed by atoms with Crippen LogP contribution in [0.25, 0.3) is 0 Å². The summed E-state index contributed by atoms with van der Waals surface area (Å²) in [7, 11) is 0. The van der Waals surface area contributed by atoms with E-state index in [9.17, 15) is 28.8 Å². The van der Waals surface area contributed by atoms with Gasteiger partial charge in [-0.2, -0.15) is 0 Å². The Morgan fingerprint density at radius 1 is 0.388 bits per heavy atom. The highest BCUT2D eigenvalue weighted by Gasteiger charge is 2.19. The molecule has 0 unspecified atom stereocenters. The van der Waals surface area contributed by atoms with Crippen molar-refractivity contribution in [1.29, 1.82) is 0 Å². The van der Waals surface area contributed by atoms with Gasteiger partial charge in [0.15, 0.2) is 11.5 Å². The lowest BCUT2D eigenvalue weighted by Crippen LogP contribution is -2.13. The predicted octanol–water partition coefficient (Wildman–Crippen LogP) is 10.6. The molecule has 15 heteroatoms. The molecule has 0 heterocycles. The molecule has 14 nitrogen and oxygen atoms in total. The van der Waals surface area contributed by atoms with Gasteiger partial charge in [-0.3, -0.25) is 0 Å². The fraction of sp³-hybridized carbons (Fsp3) is 0.231. The van der Waals surface area contributed by atoms with Crippen LogP contribution in [0, 0.1) is 0 Å². The summed E-state index contributed by atoms with van der Waals surface area (Å²) in [5.41, 5.74) is 0.806. The first-order valence-electron chi connectivity index (χ1n) is 21.4. The van der Waals surface area contributed by atoms with E-state index in [2.05, 4.69) is 13.2 Å². The summed E-state index contributed by atoms with van der Waals surface area (Å²) in [5, 5.41) is 0.212. The molecule has 0 aliphatic rings. The second-order valence-electron chi connectivity index (χ2n) is 14.5. The van der Waals surface area contributed by atoms with E-state index in [0.717, 1.165) is 63.5 Å². The van der Waals surface area contributed by atoms with Crippen molar-refractivity contribution in [2.45, 2.75) is 51.4 Å². The number of hydrogen-bond acceptors (Lipinski definition) is 14. The Kier molecular flexibility index (Phi) is 20.2. The van der Waals surface area contributed by atoms with Gasteiger partial charge in [-0.25, -0.2) is 28.8 Å². The summed E-state index contributed by atoms with van der Waals surface area (Å²) in [6.07, 6.45) is 9.03. The Morgan fingerprint density at radius 2 is 0.716 bits per heavy atom. The topological polar surface area (TPSA) is 176 Å². The van der Waals surface area contributed by atoms with Crippen LogP contribution in [0.1, 0.15) is 92.8 Å². The summed E-state index contributed by atoms with van der Waals surface area (Å²) in [4.78, 5) is 74.0. The third-order valence-electron chi connectivity index (χ3n) is 9.53. The normalized spacial score (nSPS) is 10.5. The van der Waals surface area contributed by atoms with Gasteiger partial charge in [-0.1, -0.05) is 24.8 Å². The second-order valence-corrected chi connectivity index (χ2v) is 15.0. The van der Waals surface area contributed by atoms with Gasteiger partial charge in [-0.05, 0) is 161 Å². The van der Waals surface area contributed by atoms with Gasteiger partial charge >= 0.3 is 35.8 Å². The second kappa shape index (κ2) is 26.9. The summed E-state index contributed by atoms with van der Waals surface area (Å²) in [5.74, 6) is -2.32. The molecule has 0 bridgehead atoms. The maximum atomic E-state index is 13.2. The van der Waals surface area contributed by atoms with Crippen molar-refractivity contribution in [2.24, 2.45) is 0 Å². The number of carbonyl (C=O) groups is 6. The molecular weight excluding hydrogens is 884 g/mol. The number of halogens is 1. The maximum Gasteiger partial charge on any atom is 0.343 e. The van der Waals surface area contributed by atoms with Gasteiger partial charge in [0.1, 0.15) is 23.0 Å². The van der Waals surface area contributed by atoms with Gasteiger partial charge in [-0.15, -0.1) is 0 Å². The van der Waals surface area contributed by atoms with Crippen LogP contribution < -0.4 is 28.4 Å². The summed E-state index contributed by atoms with van der Waals surface area (Å²) in [6, 6.07) is 28.6. The van der Waals surface area contributed by atoms with E-state index in [1.165, 1.54) is 66.7 Å². The van der Waals surface area contributed by atoms with Crippen molar-refractivity contribution in [2.75, 3.05) is 26.4 Å². The van der Waals surface area contributed by atoms with Crippen molar-refractivity contribution in [1.82, 2.24) is 0 Å². The molecule has 0 spiro atoms. The Balaban J connectivity index is 1.04. The first-order chi connectivity index (χ1) is 32.5. The SMILES string of the molecule is C=CC(=O)OCCCCCCOc1ccc(C(=O)Oc2ccc(C(=O)Oc3ccc(Cl)cc3OC(=O)c3ccc(OC(=O)c4ccc(OCCCCCCOC(=O)C=C)cc4)cc3)cc2)cc1. The van der Waals surface area contributed by atoms with Crippen LogP contribution in [0.15, 0.2) is 141 Å². The average molecular weight is 933 g/mol. The van der Waals surface area contributed by atoms with E-state index in [1.54, 1.807) is 48.5 Å². The smallest absolute Gasteiger partial charge is 0.343 e. The lowest BCUT2D eigenvalue weighted by atomic mass is 10.2. The predicted molar refractivity (Wildman–Crippen MR) is 247 cm³/mol. The molecule has 348 valence electrons. The van der Waals surface area contributed by atoms with Gasteiger partial charge in [0.05, 0.1) is 48.7 Å². The number of ether oxygens (including phenoxy) is 8. The van der Waals surface area contributed by atoms with Crippen LogP contribution in [-0.4, -0.2) is 62.2 Å². The quantitative estimate of drug-likeness (QED) is 0.0221. The maximum absolute atomic E-state index is 13.2. The highest BCUT2D eigenvalue weighted by Crippen LogP contribution is 2.32. The van der Waals surface area contributed by atoms with Crippen molar-refractivity contribution < 1.29 is 66.7 Å². The molecule has 0 aliphatic heterocycles. The Bertz CT molecular complexity index is 2460. The highest BCUT2D eigenvalue weighted by atomic mass is 35.5. The lowest BCUT2D eigenvalue weighted by Gasteiger charge is -2.12. The first kappa shape index (κ1) is 50.3. The molecule has 5 rings (SSSR count). The van der Waals surface area contributed by atoms with E-state index in [-0.39, 0.29) is 39.1 Å². The summed E-state index contributed by atoms with van der Waals surface area (Å²) in [6.45, 7) is 8.42. The third kappa shape index (κ3) is 17.3. The molecule has 0 fully saturated rings. The Hall–Kier alpha value is -7.71. The molecule has 5 aromatic rings. The standard InChI is InChI=1S/C52H49ClO14/c1-3-47(54)62-33-11-7-5-9-31-60-41-22-13-36(14-23-41)49(56)64-43-26-17-38(18-27-43)51(58)66-45-30-21-40(53)35-46(45)67-52(59)39-19-28-44(29-20-39)65-50(57)37-15-24-42(25-16-37)61-32-10-6-8-12-34-63-48(55)4-2/h3-4,13-30,35H,1-2,5-12,31-34H2. The molecule has 0 saturated carbocycles. The molecule has 67 heavy (non-hydrogen) atoms. The van der Waals surface area contributed by atoms with E-state index in [4.69, 9.17) is 49.5 Å². The first-order valence-corrected chi connectivity index (χ1v) is 21.8. The minimum absolute atomic E-state index is 0.0860. The monoisotopic (exact) mass is 932 g/mol. The van der Waals surface area contributed by atoms with Crippen LogP contribution in [-0.2, 0) is 19.1 Å². The molecule has 0 atom stereocenters. The molecule has 0 aliphatic carbocycles. The third-order valence-corrected chi connectivity index (χ3v) is 9.76. The number of hydrogen-bond donors (Lipinski definition) is 0. The number of unbranched alkanes of at least 4 members (excludes halogenated alkanes) is 6. The minimum atomic E-state index is -0.802. The fourth-order valence-electron chi connectivity index (χ4n) is 5.95. The van der Waals surface area contributed by atoms with Gasteiger partial charge in [0, 0.05) is 23.2 Å². The minimum Gasteiger partial charge on any atom is -0.494 e. The molecule has 5 aromatic carbocycles. The summed E-state index contributed by atoms with van der Waals surface area (Å²) >= 11 is 6.19. The van der Waals surface area contributed by atoms with E-state index < -0.39 is 35.8 Å². The average Bonchev–Trinajstić information content (AvgIpc) is 3.34. The fourth-order valence-corrected chi connectivity index (χ4v) is 6.11. The van der Waals surface area contributed by atoms with Crippen LogP contribution in [0.3, 0.4) is 0 Å². The molecular formula is C52H49ClO14. The Morgan fingerprint density at radius 3 is 1.09 bits per heavy atom. The molecule has 0 amide bonds. The molecule has 0 radical (unpaired) electrons. The number of carbonyl (C=O) groups excluding carboxylic acids is 6. The van der Waals surface area contributed by atoms with Crippen LogP contribution >= 0.6 is 11.6 Å². The molecule has 0 saturated heterocycles. The van der Waals surface area contributed by atoms with Crippen molar-refractivity contribution in [3.63, 3.8) is 0 Å². The lowest BCUT2D eigenvalue weighted by molar-refractivity contribution is -0.138. The Labute approximate surface area is 392 Å². The van der Waals surface area contributed by atoms with Gasteiger partial charge in [0.2, 0.25) is 0 Å². The van der Waals surface area contributed by atoms with Crippen molar-refractivity contribution in [3.05, 3.63) is 168 Å². The van der Waals surface area contributed by atoms with Crippen LogP contribution in [0.2, 0.25) is 5.02 Å². The molecule has 0 aromatic heterocycles. The van der Waals surface area contributed by atoms with Crippen molar-refractivity contribution in [3.8, 4) is 34.5 Å². The van der Waals surface area contributed by atoms with Gasteiger partial charge < -0.3 is 37.9 Å². The zero-order chi connectivity index (χ0) is 47.8. The number of rotatable bonds is 26. The summed E-state index contributed by atoms with van der Waals surface area (Å²) < 4.78 is 43.5. The van der Waals surface area contributed by atoms with Crippen molar-refractivity contribution >= 4 is 47.4 Å². The van der Waals surface area contributed by atoms with Gasteiger partial charge in [0.25, 0.3) is 0 Å². The number of esters is 6.